The zero-order valence-electron chi connectivity index (χ0n) is 12.1. The standard InChI is InChI=1S/C14H19N5OS/c1-2-12-8-21-14(17-12)11-4-3-5-18(6-11)13(20)7-19-10-15-9-16-19/h8-11H,2-7H2,1H3/t11-/m1/s1. The van der Waals surface area contributed by atoms with Crippen molar-refractivity contribution in [3.05, 3.63) is 28.7 Å². The second kappa shape index (κ2) is 6.34. The van der Waals surface area contributed by atoms with Crippen LogP contribution in [0.4, 0.5) is 0 Å². The molecule has 1 fully saturated rings. The molecule has 2 aromatic rings. The molecule has 7 heteroatoms. The van der Waals surface area contributed by atoms with Crippen molar-refractivity contribution in [2.75, 3.05) is 13.1 Å². The second-order valence-corrected chi connectivity index (χ2v) is 6.19. The molecule has 0 unspecified atom stereocenters. The lowest BCUT2D eigenvalue weighted by Crippen LogP contribution is -2.40. The van der Waals surface area contributed by atoms with Crippen molar-refractivity contribution < 1.29 is 4.79 Å². The molecule has 0 N–H and O–H groups in total. The van der Waals surface area contributed by atoms with Crippen molar-refractivity contribution in [1.29, 1.82) is 0 Å². The summed E-state index contributed by atoms with van der Waals surface area (Å²) in [6, 6.07) is 0. The number of carbonyl (C=O) groups excluding carboxylic acids is 1. The molecule has 3 rings (SSSR count). The molecule has 112 valence electrons. The van der Waals surface area contributed by atoms with Crippen LogP contribution in [0.3, 0.4) is 0 Å². The Bertz CT molecular complexity index is 594. The number of carbonyl (C=O) groups is 1. The summed E-state index contributed by atoms with van der Waals surface area (Å²) in [4.78, 5) is 22.8. The largest absolute Gasteiger partial charge is 0.340 e. The van der Waals surface area contributed by atoms with Gasteiger partial charge in [-0.15, -0.1) is 11.3 Å². The fourth-order valence-corrected chi connectivity index (χ4v) is 3.66. The Morgan fingerprint density at radius 1 is 1.52 bits per heavy atom. The van der Waals surface area contributed by atoms with Gasteiger partial charge in [0.25, 0.3) is 0 Å². The molecule has 1 aliphatic heterocycles. The third-order valence-corrected chi connectivity index (χ3v) is 4.87. The van der Waals surface area contributed by atoms with Crippen LogP contribution in [0.15, 0.2) is 18.0 Å². The lowest BCUT2D eigenvalue weighted by atomic mass is 9.98. The molecule has 1 atom stereocenters. The quantitative estimate of drug-likeness (QED) is 0.862. The molecule has 6 nitrogen and oxygen atoms in total. The molecule has 0 aromatic carbocycles. The summed E-state index contributed by atoms with van der Waals surface area (Å²) >= 11 is 1.72. The number of amides is 1. The highest BCUT2D eigenvalue weighted by molar-refractivity contribution is 7.09. The van der Waals surface area contributed by atoms with Crippen molar-refractivity contribution >= 4 is 17.2 Å². The maximum atomic E-state index is 12.3. The molecule has 1 saturated heterocycles. The first kappa shape index (κ1) is 14.2. The van der Waals surface area contributed by atoms with E-state index < -0.39 is 0 Å². The van der Waals surface area contributed by atoms with Gasteiger partial charge in [0.2, 0.25) is 5.91 Å². The lowest BCUT2D eigenvalue weighted by Gasteiger charge is -2.31. The molecular weight excluding hydrogens is 286 g/mol. The minimum Gasteiger partial charge on any atom is -0.340 e. The molecule has 21 heavy (non-hydrogen) atoms. The van der Waals surface area contributed by atoms with E-state index in [1.807, 2.05) is 4.90 Å². The third-order valence-electron chi connectivity index (χ3n) is 3.82. The first-order valence-electron chi connectivity index (χ1n) is 7.30. The van der Waals surface area contributed by atoms with E-state index in [9.17, 15) is 4.79 Å². The monoisotopic (exact) mass is 305 g/mol. The van der Waals surface area contributed by atoms with Crippen LogP contribution in [0.25, 0.3) is 0 Å². The second-order valence-electron chi connectivity index (χ2n) is 5.30. The molecule has 0 radical (unpaired) electrons. The summed E-state index contributed by atoms with van der Waals surface area (Å²) in [5.41, 5.74) is 1.15. The number of hydrogen-bond donors (Lipinski definition) is 0. The Kier molecular flexibility index (Phi) is 4.28. The fraction of sp³-hybridized carbons (Fsp3) is 0.571. The summed E-state index contributed by atoms with van der Waals surface area (Å²) in [7, 11) is 0. The van der Waals surface area contributed by atoms with Gasteiger partial charge in [-0.25, -0.2) is 14.6 Å². The van der Waals surface area contributed by atoms with E-state index in [1.54, 1.807) is 22.3 Å². The van der Waals surface area contributed by atoms with Crippen molar-refractivity contribution in [3.63, 3.8) is 0 Å². The van der Waals surface area contributed by atoms with Crippen LogP contribution < -0.4 is 0 Å². The lowest BCUT2D eigenvalue weighted by molar-refractivity contribution is -0.133. The number of thiazole rings is 1. The molecular formula is C14H19N5OS. The number of rotatable bonds is 4. The first-order valence-corrected chi connectivity index (χ1v) is 8.18. The van der Waals surface area contributed by atoms with E-state index >= 15 is 0 Å². The summed E-state index contributed by atoms with van der Waals surface area (Å²) in [6.07, 6.45) is 6.15. The average molecular weight is 305 g/mol. The van der Waals surface area contributed by atoms with Crippen LogP contribution in [-0.2, 0) is 17.8 Å². The SMILES string of the molecule is CCc1csc([C@@H]2CCCN(C(=O)Cn3cncn3)C2)n1. The Morgan fingerprint density at radius 2 is 2.43 bits per heavy atom. The highest BCUT2D eigenvalue weighted by Gasteiger charge is 2.26. The number of likely N-dealkylation sites (tertiary alicyclic amines) is 1. The van der Waals surface area contributed by atoms with Gasteiger partial charge in [0, 0.05) is 24.4 Å². The van der Waals surface area contributed by atoms with Crippen LogP contribution in [0, 0.1) is 0 Å². The van der Waals surface area contributed by atoms with Gasteiger partial charge in [-0.2, -0.15) is 5.10 Å². The van der Waals surface area contributed by atoms with E-state index in [0.29, 0.717) is 5.92 Å². The molecule has 0 bridgehead atoms. The van der Waals surface area contributed by atoms with Gasteiger partial charge in [0.15, 0.2) is 0 Å². The zero-order chi connectivity index (χ0) is 14.7. The maximum absolute atomic E-state index is 12.3. The summed E-state index contributed by atoms with van der Waals surface area (Å²) < 4.78 is 1.57. The Morgan fingerprint density at radius 3 is 3.14 bits per heavy atom. The van der Waals surface area contributed by atoms with Crippen LogP contribution in [0.1, 0.15) is 36.4 Å². The van der Waals surface area contributed by atoms with E-state index in [2.05, 4.69) is 27.4 Å². The molecule has 1 aliphatic rings. The molecule has 0 saturated carbocycles. The third kappa shape index (κ3) is 3.29. The Hall–Kier alpha value is -1.76. The summed E-state index contributed by atoms with van der Waals surface area (Å²) in [5, 5.41) is 7.29. The number of hydrogen-bond acceptors (Lipinski definition) is 5. The smallest absolute Gasteiger partial charge is 0.244 e. The van der Waals surface area contributed by atoms with Gasteiger partial charge in [-0.05, 0) is 19.3 Å². The summed E-state index contributed by atoms with van der Waals surface area (Å²) in [6.45, 7) is 3.98. The van der Waals surface area contributed by atoms with Gasteiger partial charge in [0.1, 0.15) is 19.2 Å². The van der Waals surface area contributed by atoms with Crippen LogP contribution in [0.5, 0.6) is 0 Å². The van der Waals surface area contributed by atoms with Crippen molar-refractivity contribution in [3.8, 4) is 0 Å². The van der Waals surface area contributed by atoms with Crippen molar-refractivity contribution in [2.24, 2.45) is 0 Å². The van der Waals surface area contributed by atoms with Crippen LogP contribution in [-0.4, -0.2) is 43.6 Å². The molecule has 3 heterocycles. The fourth-order valence-electron chi connectivity index (χ4n) is 2.63. The van der Waals surface area contributed by atoms with Crippen molar-refractivity contribution in [2.45, 2.75) is 38.6 Å². The minimum atomic E-state index is 0.109. The van der Waals surface area contributed by atoms with Crippen molar-refractivity contribution in [1.82, 2.24) is 24.6 Å². The van der Waals surface area contributed by atoms with E-state index in [4.69, 9.17) is 0 Å². The average Bonchev–Trinajstić information content (AvgIpc) is 3.18. The highest BCUT2D eigenvalue weighted by atomic mass is 32.1. The van der Waals surface area contributed by atoms with E-state index in [-0.39, 0.29) is 12.5 Å². The zero-order valence-corrected chi connectivity index (χ0v) is 12.9. The van der Waals surface area contributed by atoms with E-state index in [0.717, 1.165) is 38.0 Å². The normalized spacial score (nSPS) is 18.9. The molecule has 1 amide bonds. The molecule has 2 aromatic heterocycles. The van der Waals surface area contributed by atoms with Gasteiger partial charge in [-0.3, -0.25) is 4.79 Å². The van der Waals surface area contributed by atoms with Crippen LogP contribution in [0.2, 0.25) is 0 Å². The minimum absolute atomic E-state index is 0.109. The van der Waals surface area contributed by atoms with Gasteiger partial charge in [-0.1, -0.05) is 6.92 Å². The molecule has 0 spiro atoms. The maximum Gasteiger partial charge on any atom is 0.244 e. The topological polar surface area (TPSA) is 63.9 Å². The number of nitrogens with zero attached hydrogens (tertiary/aromatic N) is 5. The van der Waals surface area contributed by atoms with Gasteiger partial charge >= 0.3 is 0 Å². The van der Waals surface area contributed by atoms with Gasteiger partial charge < -0.3 is 4.90 Å². The number of piperidine rings is 1. The predicted molar refractivity (Wildman–Crippen MR) is 80.1 cm³/mol. The van der Waals surface area contributed by atoms with Crippen LogP contribution >= 0.6 is 11.3 Å². The highest BCUT2D eigenvalue weighted by Crippen LogP contribution is 2.29. The predicted octanol–water partition coefficient (Wildman–Crippen LogP) is 1.70. The van der Waals surface area contributed by atoms with E-state index in [1.165, 1.54) is 11.3 Å². The number of aryl methyl sites for hydroxylation is 1. The molecule has 0 aliphatic carbocycles. The number of aromatic nitrogens is 4. The van der Waals surface area contributed by atoms with Gasteiger partial charge in [0.05, 0.1) is 10.7 Å². The Balaban J connectivity index is 1.63. The first-order chi connectivity index (χ1) is 10.3. The summed E-state index contributed by atoms with van der Waals surface area (Å²) in [5.74, 6) is 0.487. The Labute approximate surface area is 127 Å².